The Kier molecular flexibility index (Phi) is 5.10. The Bertz CT molecular complexity index is 535. The van der Waals surface area contributed by atoms with Crippen molar-refractivity contribution in [1.82, 2.24) is 15.2 Å². The van der Waals surface area contributed by atoms with E-state index in [1.54, 1.807) is 0 Å². The van der Waals surface area contributed by atoms with Gasteiger partial charge in [0.05, 0.1) is 0 Å². The molecule has 2 rings (SSSR count). The molecule has 2 aromatic rings. The van der Waals surface area contributed by atoms with Crippen LogP contribution < -0.4 is 5.32 Å². The molecule has 0 saturated carbocycles. The second-order valence-corrected chi connectivity index (χ2v) is 5.93. The van der Waals surface area contributed by atoms with Gasteiger partial charge < -0.3 is 10.2 Å². The number of fused-ring (bicyclic) bond motifs is 1. The molecule has 1 unspecified atom stereocenters. The number of nitrogens with zero attached hydrogens (tertiary/aromatic N) is 2. The molecule has 1 aromatic carbocycles. The van der Waals surface area contributed by atoms with Gasteiger partial charge in [-0.25, -0.2) is 0 Å². The largest absolute Gasteiger partial charge is 0.311 e. The second-order valence-electron chi connectivity index (χ2n) is 5.93. The minimum atomic E-state index is 0.554. The molecular formula is C17H25N3. The van der Waals surface area contributed by atoms with E-state index in [9.17, 15) is 0 Å². The van der Waals surface area contributed by atoms with Crippen molar-refractivity contribution in [3.05, 3.63) is 42.2 Å². The standard InChI is InChI=1S/C17H25N3/c1-13(2)17(20(3)4)12-19-11-15-10-18-9-14-7-5-6-8-16(14)15/h5-10,13,17,19H,11-12H2,1-4H3. The van der Waals surface area contributed by atoms with Crippen LogP contribution >= 0.6 is 0 Å². The predicted molar refractivity (Wildman–Crippen MR) is 85.8 cm³/mol. The number of hydrogen-bond acceptors (Lipinski definition) is 3. The zero-order chi connectivity index (χ0) is 14.5. The van der Waals surface area contributed by atoms with Gasteiger partial charge in [0, 0.05) is 36.9 Å². The molecular weight excluding hydrogens is 246 g/mol. The fraction of sp³-hybridized carbons (Fsp3) is 0.471. The molecule has 0 amide bonds. The summed E-state index contributed by atoms with van der Waals surface area (Å²) >= 11 is 0. The van der Waals surface area contributed by atoms with Crippen molar-refractivity contribution in [1.29, 1.82) is 0 Å². The smallest absolute Gasteiger partial charge is 0.0346 e. The molecule has 1 aromatic heterocycles. The average molecular weight is 271 g/mol. The van der Waals surface area contributed by atoms with Crippen LogP contribution in [0.4, 0.5) is 0 Å². The van der Waals surface area contributed by atoms with Crippen LogP contribution in [0.2, 0.25) is 0 Å². The maximum atomic E-state index is 4.33. The third-order valence-corrected chi connectivity index (χ3v) is 3.85. The van der Waals surface area contributed by atoms with Crippen molar-refractivity contribution in [3.8, 4) is 0 Å². The summed E-state index contributed by atoms with van der Waals surface area (Å²) in [6.07, 6.45) is 3.89. The van der Waals surface area contributed by atoms with E-state index in [2.05, 4.69) is 67.4 Å². The van der Waals surface area contributed by atoms with Crippen molar-refractivity contribution in [2.45, 2.75) is 26.4 Å². The summed E-state index contributed by atoms with van der Waals surface area (Å²) in [5.41, 5.74) is 1.27. The molecule has 108 valence electrons. The van der Waals surface area contributed by atoms with E-state index in [1.807, 2.05) is 12.4 Å². The molecule has 0 fully saturated rings. The molecule has 1 atom stereocenters. The Balaban J connectivity index is 2.03. The van der Waals surface area contributed by atoms with Crippen LogP contribution in [0.5, 0.6) is 0 Å². The summed E-state index contributed by atoms with van der Waals surface area (Å²) in [5, 5.41) is 6.08. The second kappa shape index (κ2) is 6.82. The molecule has 0 radical (unpaired) electrons. The van der Waals surface area contributed by atoms with Crippen molar-refractivity contribution < 1.29 is 0 Å². The Morgan fingerprint density at radius 1 is 1.15 bits per heavy atom. The summed E-state index contributed by atoms with van der Waals surface area (Å²) in [7, 11) is 4.29. The van der Waals surface area contributed by atoms with Crippen LogP contribution in [-0.2, 0) is 6.54 Å². The van der Waals surface area contributed by atoms with E-state index < -0.39 is 0 Å². The van der Waals surface area contributed by atoms with Gasteiger partial charge in [-0.15, -0.1) is 0 Å². The van der Waals surface area contributed by atoms with Gasteiger partial charge in [0.15, 0.2) is 0 Å². The van der Waals surface area contributed by atoms with Crippen LogP contribution in [0.1, 0.15) is 19.4 Å². The minimum absolute atomic E-state index is 0.554. The lowest BCUT2D eigenvalue weighted by molar-refractivity contribution is 0.224. The van der Waals surface area contributed by atoms with E-state index in [4.69, 9.17) is 0 Å². The van der Waals surface area contributed by atoms with Crippen molar-refractivity contribution in [3.63, 3.8) is 0 Å². The van der Waals surface area contributed by atoms with Crippen LogP contribution in [0.25, 0.3) is 10.8 Å². The number of rotatable bonds is 6. The van der Waals surface area contributed by atoms with Crippen molar-refractivity contribution in [2.24, 2.45) is 5.92 Å². The van der Waals surface area contributed by atoms with E-state index in [-0.39, 0.29) is 0 Å². The zero-order valence-electron chi connectivity index (χ0n) is 12.9. The fourth-order valence-corrected chi connectivity index (χ4v) is 2.69. The van der Waals surface area contributed by atoms with Gasteiger partial charge in [-0.05, 0) is 31.0 Å². The molecule has 0 bridgehead atoms. The molecule has 0 aliphatic carbocycles. The third-order valence-electron chi connectivity index (χ3n) is 3.85. The molecule has 0 saturated heterocycles. The first-order chi connectivity index (χ1) is 9.59. The van der Waals surface area contributed by atoms with Gasteiger partial charge in [-0.3, -0.25) is 4.98 Å². The molecule has 3 nitrogen and oxygen atoms in total. The Labute approximate surface area is 122 Å². The lowest BCUT2D eigenvalue weighted by Crippen LogP contribution is -2.41. The fourth-order valence-electron chi connectivity index (χ4n) is 2.69. The van der Waals surface area contributed by atoms with Crippen LogP contribution in [0.15, 0.2) is 36.7 Å². The first-order valence-corrected chi connectivity index (χ1v) is 7.28. The van der Waals surface area contributed by atoms with E-state index >= 15 is 0 Å². The molecule has 0 aliphatic heterocycles. The maximum absolute atomic E-state index is 4.33. The number of nitrogens with one attached hydrogen (secondary N) is 1. The van der Waals surface area contributed by atoms with Gasteiger partial charge in [0.1, 0.15) is 0 Å². The van der Waals surface area contributed by atoms with Gasteiger partial charge in [0.25, 0.3) is 0 Å². The highest BCUT2D eigenvalue weighted by molar-refractivity contribution is 5.84. The van der Waals surface area contributed by atoms with Crippen LogP contribution in [0, 0.1) is 5.92 Å². The zero-order valence-corrected chi connectivity index (χ0v) is 12.9. The van der Waals surface area contributed by atoms with Crippen molar-refractivity contribution in [2.75, 3.05) is 20.6 Å². The first kappa shape index (κ1) is 14.9. The lowest BCUT2D eigenvalue weighted by Gasteiger charge is -2.28. The molecule has 1 N–H and O–H groups in total. The Hall–Kier alpha value is -1.45. The summed E-state index contributed by atoms with van der Waals surface area (Å²) < 4.78 is 0. The maximum Gasteiger partial charge on any atom is 0.0346 e. The minimum Gasteiger partial charge on any atom is -0.311 e. The monoisotopic (exact) mass is 271 g/mol. The number of pyridine rings is 1. The normalized spacial score (nSPS) is 13.3. The molecule has 1 heterocycles. The van der Waals surface area contributed by atoms with Crippen LogP contribution in [0.3, 0.4) is 0 Å². The van der Waals surface area contributed by atoms with E-state index in [0.29, 0.717) is 12.0 Å². The van der Waals surface area contributed by atoms with Gasteiger partial charge in [-0.2, -0.15) is 0 Å². The SMILES string of the molecule is CC(C)C(CNCc1cncc2ccccc12)N(C)C. The molecule has 20 heavy (non-hydrogen) atoms. The Morgan fingerprint density at radius 2 is 1.90 bits per heavy atom. The first-order valence-electron chi connectivity index (χ1n) is 7.28. The van der Waals surface area contributed by atoms with Crippen molar-refractivity contribution >= 4 is 10.8 Å². The predicted octanol–water partition coefficient (Wildman–Crippen LogP) is 2.91. The number of hydrogen-bond donors (Lipinski definition) is 1. The summed E-state index contributed by atoms with van der Waals surface area (Å²) in [5.74, 6) is 0.642. The quantitative estimate of drug-likeness (QED) is 0.875. The van der Waals surface area contributed by atoms with Crippen LogP contribution in [-0.4, -0.2) is 36.6 Å². The van der Waals surface area contributed by atoms with E-state index in [1.165, 1.54) is 16.3 Å². The van der Waals surface area contributed by atoms with Gasteiger partial charge in [0.2, 0.25) is 0 Å². The molecule has 0 aliphatic rings. The average Bonchev–Trinajstić information content (AvgIpc) is 2.42. The highest BCUT2D eigenvalue weighted by Crippen LogP contribution is 2.16. The Morgan fingerprint density at radius 3 is 2.60 bits per heavy atom. The summed E-state index contributed by atoms with van der Waals surface area (Å²) in [6, 6.07) is 8.98. The number of benzene rings is 1. The highest BCUT2D eigenvalue weighted by atomic mass is 15.1. The number of aromatic nitrogens is 1. The number of likely N-dealkylation sites (N-methyl/N-ethyl adjacent to an activating group) is 1. The lowest BCUT2D eigenvalue weighted by atomic mass is 10.0. The topological polar surface area (TPSA) is 28.2 Å². The highest BCUT2D eigenvalue weighted by Gasteiger charge is 2.15. The molecule has 3 heteroatoms. The van der Waals surface area contributed by atoms with Gasteiger partial charge >= 0.3 is 0 Å². The molecule has 0 spiro atoms. The van der Waals surface area contributed by atoms with E-state index in [0.717, 1.165) is 13.1 Å². The summed E-state index contributed by atoms with van der Waals surface area (Å²) in [6.45, 7) is 6.40. The summed E-state index contributed by atoms with van der Waals surface area (Å²) in [4.78, 5) is 6.62. The van der Waals surface area contributed by atoms with Gasteiger partial charge in [-0.1, -0.05) is 38.1 Å². The third kappa shape index (κ3) is 3.56.